The molecule has 2 saturated heterocycles. The summed E-state index contributed by atoms with van der Waals surface area (Å²) in [5, 5.41) is 9.12. The number of hydrogen-bond donors (Lipinski definition) is 2. The third-order valence-corrected chi connectivity index (χ3v) is 8.38. The van der Waals surface area contributed by atoms with Crippen molar-refractivity contribution < 1.29 is 28.2 Å². The van der Waals surface area contributed by atoms with Crippen LogP contribution in [0.5, 0.6) is 0 Å². The third kappa shape index (κ3) is 5.07. The van der Waals surface area contributed by atoms with E-state index >= 15 is 8.78 Å². The van der Waals surface area contributed by atoms with Gasteiger partial charge in [-0.2, -0.15) is 0 Å². The summed E-state index contributed by atoms with van der Waals surface area (Å²) >= 11 is 12.3. The van der Waals surface area contributed by atoms with E-state index in [0.29, 0.717) is 19.4 Å². The second kappa shape index (κ2) is 10.6. The van der Waals surface area contributed by atoms with Crippen LogP contribution < -0.4 is 5.73 Å². The van der Waals surface area contributed by atoms with Gasteiger partial charge in [-0.05, 0) is 55.9 Å². The number of aliphatic hydroxyl groups excluding tert-OH is 1. The molecule has 0 bridgehead atoms. The standard InChI is InChI=1S/C28H34Cl2F2N2O4/c1-26(2,10-12-37-13-11-35)15-21-28(33,18-9-8-16(29)14-20(18)31)22(17-6-5-7-19(30)23(17)32)24-25(36)38-27(3,4)34(21)24/h5-9,14,21-22,24,35H,10-13,15,33H2,1-4H3/t21-,22-,24+,28+/m0/s1. The molecule has 2 aromatic rings. The van der Waals surface area contributed by atoms with E-state index in [9.17, 15) is 4.79 Å². The summed E-state index contributed by atoms with van der Waals surface area (Å²) < 4.78 is 42.6. The van der Waals surface area contributed by atoms with Crippen molar-refractivity contribution in [1.82, 2.24) is 4.90 Å². The number of carbonyl (C=O) groups excluding carboxylic acids is 1. The van der Waals surface area contributed by atoms with Crippen molar-refractivity contribution in [3.8, 4) is 0 Å². The Morgan fingerprint density at radius 2 is 1.89 bits per heavy atom. The minimum atomic E-state index is -1.56. The van der Waals surface area contributed by atoms with Crippen molar-refractivity contribution in [1.29, 1.82) is 0 Å². The topological polar surface area (TPSA) is 85.0 Å². The van der Waals surface area contributed by atoms with Gasteiger partial charge in [-0.25, -0.2) is 13.7 Å². The number of aliphatic hydroxyl groups is 1. The highest BCUT2D eigenvalue weighted by Gasteiger charge is 2.69. The molecule has 2 fully saturated rings. The lowest BCUT2D eigenvalue weighted by Crippen LogP contribution is -2.57. The van der Waals surface area contributed by atoms with Gasteiger partial charge < -0.3 is 20.3 Å². The first-order chi connectivity index (χ1) is 17.7. The number of benzene rings is 2. The SMILES string of the molecule is CC(C)(CCOCCO)C[C@@H]1N2[C@@H](C(=O)OC2(C)C)[C@H](c2cccc(Cl)c2F)[C@@]1(N)c1ccc(Cl)cc1F. The van der Waals surface area contributed by atoms with Gasteiger partial charge in [-0.3, -0.25) is 4.79 Å². The van der Waals surface area contributed by atoms with Gasteiger partial charge in [0.05, 0.1) is 23.8 Å². The van der Waals surface area contributed by atoms with Gasteiger partial charge in [0.25, 0.3) is 0 Å². The summed E-state index contributed by atoms with van der Waals surface area (Å²) in [7, 11) is 0. The largest absolute Gasteiger partial charge is 0.443 e. The summed E-state index contributed by atoms with van der Waals surface area (Å²) in [6.45, 7) is 8.10. The maximum atomic E-state index is 15.7. The summed E-state index contributed by atoms with van der Waals surface area (Å²) in [5.74, 6) is -2.93. The van der Waals surface area contributed by atoms with E-state index < -0.39 is 52.3 Å². The minimum absolute atomic E-state index is 0.0826. The molecule has 4 atom stereocenters. The summed E-state index contributed by atoms with van der Waals surface area (Å²) in [5.41, 5.74) is 4.51. The Labute approximate surface area is 232 Å². The van der Waals surface area contributed by atoms with Gasteiger partial charge in [-0.15, -0.1) is 0 Å². The molecule has 3 N–H and O–H groups in total. The lowest BCUT2D eigenvalue weighted by Gasteiger charge is -2.45. The van der Waals surface area contributed by atoms with Gasteiger partial charge in [0.15, 0.2) is 5.72 Å². The molecule has 2 aliphatic heterocycles. The number of halogens is 4. The maximum Gasteiger partial charge on any atom is 0.325 e. The molecule has 4 rings (SSSR count). The molecule has 0 aromatic heterocycles. The molecule has 0 saturated carbocycles. The molecule has 2 heterocycles. The number of rotatable bonds is 9. The molecule has 10 heteroatoms. The maximum absolute atomic E-state index is 15.7. The van der Waals surface area contributed by atoms with E-state index in [-0.39, 0.29) is 34.4 Å². The fourth-order valence-corrected chi connectivity index (χ4v) is 6.50. The molecule has 2 aliphatic rings. The molecule has 0 unspecified atom stereocenters. The third-order valence-electron chi connectivity index (χ3n) is 7.85. The van der Waals surface area contributed by atoms with Crippen LogP contribution in [0.2, 0.25) is 10.0 Å². The van der Waals surface area contributed by atoms with Crippen LogP contribution in [0.3, 0.4) is 0 Å². The van der Waals surface area contributed by atoms with Crippen molar-refractivity contribution in [3.63, 3.8) is 0 Å². The number of nitrogens with two attached hydrogens (primary N) is 1. The number of nitrogens with zero attached hydrogens (tertiary/aromatic N) is 1. The average molecular weight is 571 g/mol. The van der Waals surface area contributed by atoms with Gasteiger partial charge in [0.1, 0.15) is 17.7 Å². The zero-order valence-corrected chi connectivity index (χ0v) is 23.5. The minimum Gasteiger partial charge on any atom is -0.443 e. The van der Waals surface area contributed by atoms with Gasteiger partial charge in [0.2, 0.25) is 0 Å². The zero-order valence-electron chi connectivity index (χ0n) is 21.9. The van der Waals surface area contributed by atoms with E-state index in [2.05, 4.69) is 0 Å². The number of fused-ring (bicyclic) bond motifs is 1. The molecule has 0 aliphatic carbocycles. The Balaban J connectivity index is 1.93. The van der Waals surface area contributed by atoms with Crippen LogP contribution in [-0.4, -0.2) is 53.6 Å². The van der Waals surface area contributed by atoms with Crippen LogP contribution in [0.1, 0.15) is 57.6 Å². The van der Waals surface area contributed by atoms with E-state index in [1.54, 1.807) is 19.9 Å². The van der Waals surface area contributed by atoms with E-state index in [1.807, 2.05) is 18.7 Å². The smallest absolute Gasteiger partial charge is 0.325 e. The predicted octanol–water partition coefficient (Wildman–Crippen LogP) is 5.37. The first-order valence-electron chi connectivity index (χ1n) is 12.6. The first kappa shape index (κ1) is 29.2. The number of carbonyl (C=O) groups is 1. The second-order valence-electron chi connectivity index (χ2n) is 11.4. The highest BCUT2D eigenvalue weighted by atomic mass is 35.5. The molecule has 0 radical (unpaired) electrons. The van der Waals surface area contributed by atoms with Gasteiger partial charge in [-0.1, -0.05) is 55.2 Å². The lowest BCUT2D eigenvalue weighted by molar-refractivity contribution is -0.152. The molecule has 2 aromatic carbocycles. The zero-order chi connectivity index (χ0) is 28.0. The van der Waals surface area contributed by atoms with Crippen molar-refractivity contribution in [2.45, 2.75) is 69.8 Å². The first-order valence-corrected chi connectivity index (χ1v) is 13.4. The van der Waals surface area contributed by atoms with Crippen molar-refractivity contribution in [2.75, 3.05) is 19.8 Å². The average Bonchev–Trinajstić information content (AvgIpc) is 3.21. The van der Waals surface area contributed by atoms with Gasteiger partial charge >= 0.3 is 5.97 Å². The van der Waals surface area contributed by atoms with Crippen LogP contribution in [0.15, 0.2) is 36.4 Å². The van der Waals surface area contributed by atoms with E-state index in [1.165, 1.54) is 30.3 Å². The second-order valence-corrected chi connectivity index (χ2v) is 12.2. The van der Waals surface area contributed by atoms with Crippen LogP contribution in [0.4, 0.5) is 8.78 Å². The molecule has 38 heavy (non-hydrogen) atoms. The predicted molar refractivity (Wildman–Crippen MR) is 142 cm³/mol. The van der Waals surface area contributed by atoms with Crippen LogP contribution >= 0.6 is 23.2 Å². The van der Waals surface area contributed by atoms with Crippen molar-refractivity contribution in [2.24, 2.45) is 11.1 Å². The molecular formula is C28H34Cl2F2N2O4. The van der Waals surface area contributed by atoms with Crippen molar-refractivity contribution in [3.05, 3.63) is 69.2 Å². The van der Waals surface area contributed by atoms with Crippen LogP contribution in [-0.2, 0) is 19.8 Å². The summed E-state index contributed by atoms with van der Waals surface area (Å²) in [6.07, 6.45) is 1.01. The molecular weight excluding hydrogens is 537 g/mol. The number of ether oxygens (including phenoxy) is 2. The summed E-state index contributed by atoms with van der Waals surface area (Å²) in [4.78, 5) is 15.3. The number of cyclic esters (lactones) is 1. The monoisotopic (exact) mass is 570 g/mol. The quantitative estimate of drug-likeness (QED) is 0.311. The Kier molecular flexibility index (Phi) is 8.17. The fourth-order valence-electron chi connectivity index (χ4n) is 6.16. The van der Waals surface area contributed by atoms with E-state index in [0.717, 1.165) is 0 Å². The Bertz CT molecular complexity index is 1210. The molecule has 0 spiro atoms. The lowest BCUT2D eigenvalue weighted by atomic mass is 9.67. The van der Waals surface area contributed by atoms with E-state index in [4.69, 9.17) is 43.5 Å². The highest BCUT2D eigenvalue weighted by molar-refractivity contribution is 6.31. The summed E-state index contributed by atoms with van der Waals surface area (Å²) in [6, 6.07) is 7.13. The number of hydrogen-bond acceptors (Lipinski definition) is 6. The fraction of sp³-hybridized carbons (Fsp3) is 0.536. The molecule has 208 valence electrons. The van der Waals surface area contributed by atoms with Crippen molar-refractivity contribution >= 4 is 29.2 Å². The Morgan fingerprint density at radius 1 is 1.18 bits per heavy atom. The van der Waals surface area contributed by atoms with Crippen LogP contribution in [0, 0.1) is 17.0 Å². The Hall–Kier alpha value is -1.81. The van der Waals surface area contributed by atoms with Crippen LogP contribution in [0.25, 0.3) is 0 Å². The molecule has 6 nitrogen and oxygen atoms in total. The highest BCUT2D eigenvalue weighted by Crippen LogP contribution is 2.58. The number of esters is 1. The molecule has 0 amide bonds. The van der Waals surface area contributed by atoms with Gasteiger partial charge in [0, 0.05) is 29.2 Å². The Morgan fingerprint density at radius 3 is 2.55 bits per heavy atom. The normalized spacial score (nSPS) is 27.0.